The summed E-state index contributed by atoms with van der Waals surface area (Å²) >= 11 is 12.1. The van der Waals surface area contributed by atoms with Gasteiger partial charge in [0.05, 0.1) is 16.3 Å². The zero-order valence-corrected chi connectivity index (χ0v) is 11.5. The van der Waals surface area contributed by atoms with Gasteiger partial charge in [-0.05, 0) is 25.0 Å². The fraction of sp³-hybridized carbons (Fsp3) is 0.385. The van der Waals surface area contributed by atoms with Crippen LogP contribution >= 0.6 is 23.2 Å². The fourth-order valence-corrected chi connectivity index (χ4v) is 2.27. The van der Waals surface area contributed by atoms with Gasteiger partial charge in [0.25, 0.3) is 0 Å². The Morgan fingerprint density at radius 1 is 1.17 bits per heavy atom. The number of aliphatic imine (C=N–C) groups is 1. The molecular weight excluding hydrogens is 269 g/mol. The Morgan fingerprint density at radius 2 is 1.94 bits per heavy atom. The van der Waals surface area contributed by atoms with Crippen LogP contribution in [-0.4, -0.2) is 18.6 Å². The lowest BCUT2D eigenvalue weighted by Gasteiger charge is -2.03. The van der Waals surface area contributed by atoms with E-state index in [2.05, 4.69) is 15.5 Å². The Kier molecular flexibility index (Phi) is 5.02. The molecule has 0 fully saturated rings. The monoisotopic (exact) mass is 283 g/mol. The molecule has 1 aromatic rings. The molecule has 0 unspecified atom stereocenters. The first-order valence-electron chi connectivity index (χ1n) is 6.04. The molecule has 0 bridgehead atoms. The first-order chi connectivity index (χ1) is 8.77. The number of nitrogens with one attached hydrogen (secondary N) is 1. The van der Waals surface area contributed by atoms with Gasteiger partial charge < -0.3 is 0 Å². The Morgan fingerprint density at radius 3 is 2.72 bits per heavy atom. The smallest absolute Gasteiger partial charge is 0.117 e. The van der Waals surface area contributed by atoms with Gasteiger partial charge in [-0.1, -0.05) is 35.7 Å². The molecule has 0 saturated heterocycles. The lowest BCUT2D eigenvalue weighted by Crippen LogP contribution is -2.17. The van der Waals surface area contributed by atoms with Crippen LogP contribution in [0.25, 0.3) is 0 Å². The van der Waals surface area contributed by atoms with Gasteiger partial charge in [0.15, 0.2) is 0 Å². The molecule has 0 aromatic heterocycles. The van der Waals surface area contributed by atoms with Crippen molar-refractivity contribution in [3.05, 3.63) is 33.8 Å². The van der Waals surface area contributed by atoms with Crippen LogP contribution in [0.5, 0.6) is 0 Å². The SMILES string of the molecule is Clc1cccc(Cl)c1/C=N/NC1=NCCCCC1. The van der Waals surface area contributed by atoms with Gasteiger partial charge in [0.2, 0.25) is 0 Å². The summed E-state index contributed by atoms with van der Waals surface area (Å²) in [4.78, 5) is 4.43. The van der Waals surface area contributed by atoms with Crippen LogP contribution in [0, 0.1) is 0 Å². The Bertz CT molecular complexity index is 449. The Labute approximate surface area is 117 Å². The molecule has 5 heteroatoms. The molecule has 18 heavy (non-hydrogen) atoms. The van der Waals surface area contributed by atoms with E-state index in [9.17, 15) is 0 Å². The lowest BCUT2D eigenvalue weighted by molar-refractivity contribution is 0.729. The van der Waals surface area contributed by atoms with Crippen LogP contribution in [0.4, 0.5) is 0 Å². The largest absolute Gasteiger partial charge is 0.271 e. The third-order valence-electron chi connectivity index (χ3n) is 2.76. The van der Waals surface area contributed by atoms with Crippen molar-refractivity contribution < 1.29 is 0 Å². The summed E-state index contributed by atoms with van der Waals surface area (Å²) in [6.07, 6.45) is 6.14. The highest BCUT2D eigenvalue weighted by atomic mass is 35.5. The maximum absolute atomic E-state index is 6.04. The van der Waals surface area contributed by atoms with E-state index in [-0.39, 0.29) is 0 Å². The minimum absolute atomic E-state index is 0.593. The van der Waals surface area contributed by atoms with Crippen LogP contribution in [0.2, 0.25) is 10.0 Å². The van der Waals surface area contributed by atoms with E-state index in [0.29, 0.717) is 10.0 Å². The highest BCUT2D eigenvalue weighted by Gasteiger charge is 2.04. The van der Waals surface area contributed by atoms with Crippen molar-refractivity contribution in [1.29, 1.82) is 0 Å². The number of halogens is 2. The number of rotatable bonds is 2. The summed E-state index contributed by atoms with van der Waals surface area (Å²) in [5.74, 6) is 0.937. The van der Waals surface area contributed by atoms with Crippen molar-refractivity contribution >= 4 is 35.3 Å². The van der Waals surface area contributed by atoms with E-state index in [1.165, 1.54) is 6.42 Å². The molecule has 1 aromatic carbocycles. The molecule has 0 aliphatic carbocycles. The summed E-state index contributed by atoms with van der Waals surface area (Å²) in [5.41, 5.74) is 3.69. The molecule has 0 atom stereocenters. The number of nitrogens with zero attached hydrogens (tertiary/aromatic N) is 2. The maximum Gasteiger partial charge on any atom is 0.117 e. The second-order valence-electron chi connectivity index (χ2n) is 4.14. The number of hydrogen-bond acceptors (Lipinski definition) is 3. The van der Waals surface area contributed by atoms with E-state index in [4.69, 9.17) is 23.2 Å². The highest BCUT2D eigenvalue weighted by Crippen LogP contribution is 2.22. The zero-order valence-electron chi connectivity index (χ0n) is 10.00. The van der Waals surface area contributed by atoms with Gasteiger partial charge in [0.1, 0.15) is 5.84 Å². The Balaban J connectivity index is 2.00. The van der Waals surface area contributed by atoms with Crippen molar-refractivity contribution in [3.8, 4) is 0 Å². The molecule has 0 spiro atoms. The number of hydrogen-bond donors (Lipinski definition) is 1. The lowest BCUT2D eigenvalue weighted by atomic mass is 10.2. The molecule has 3 nitrogen and oxygen atoms in total. The van der Waals surface area contributed by atoms with E-state index >= 15 is 0 Å². The maximum atomic E-state index is 6.04. The van der Waals surface area contributed by atoms with Crippen LogP contribution in [-0.2, 0) is 0 Å². The van der Waals surface area contributed by atoms with Crippen molar-refractivity contribution in [2.45, 2.75) is 25.7 Å². The first kappa shape index (κ1) is 13.4. The predicted molar refractivity (Wildman–Crippen MR) is 78.0 cm³/mol. The number of amidine groups is 1. The van der Waals surface area contributed by atoms with E-state index in [1.54, 1.807) is 18.3 Å². The second-order valence-corrected chi connectivity index (χ2v) is 4.96. The molecule has 0 radical (unpaired) electrons. The fourth-order valence-electron chi connectivity index (χ4n) is 1.77. The normalized spacial score (nSPS) is 16.4. The summed E-state index contributed by atoms with van der Waals surface area (Å²) in [6, 6.07) is 5.39. The molecule has 1 N–H and O–H groups in total. The summed E-state index contributed by atoms with van der Waals surface area (Å²) in [6.45, 7) is 0.880. The molecule has 2 rings (SSSR count). The molecule has 96 valence electrons. The predicted octanol–water partition coefficient (Wildman–Crippen LogP) is 3.89. The van der Waals surface area contributed by atoms with Crippen LogP contribution in [0.15, 0.2) is 28.3 Å². The van der Waals surface area contributed by atoms with Gasteiger partial charge in [0, 0.05) is 18.5 Å². The first-order valence-corrected chi connectivity index (χ1v) is 6.79. The van der Waals surface area contributed by atoms with Crippen LogP contribution in [0.1, 0.15) is 31.2 Å². The topological polar surface area (TPSA) is 36.8 Å². The molecular formula is C13H15Cl2N3. The minimum Gasteiger partial charge on any atom is -0.271 e. The third kappa shape index (κ3) is 3.72. The molecule has 0 amide bonds. The van der Waals surface area contributed by atoms with Crippen molar-refractivity contribution in [2.75, 3.05) is 6.54 Å². The molecule has 1 aliphatic heterocycles. The van der Waals surface area contributed by atoms with E-state index < -0.39 is 0 Å². The van der Waals surface area contributed by atoms with E-state index in [1.807, 2.05) is 6.07 Å². The van der Waals surface area contributed by atoms with Gasteiger partial charge in [-0.15, -0.1) is 0 Å². The van der Waals surface area contributed by atoms with Gasteiger partial charge in [-0.25, -0.2) is 0 Å². The van der Waals surface area contributed by atoms with Gasteiger partial charge in [-0.3, -0.25) is 10.4 Å². The molecule has 0 saturated carbocycles. The van der Waals surface area contributed by atoms with E-state index in [0.717, 1.165) is 37.2 Å². The second kappa shape index (κ2) is 6.76. The third-order valence-corrected chi connectivity index (χ3v) is 3.42. The molecule has 1 aliphatic rings. The average molecular weight is 284 g/mol. The van der Waals surface area contributed by atoms with Crippen molar-refractivity contribution in [3.63, 3.8) is 0 Å². The van der Waals surface area contributed by atoms with Crippen LogP contribution < -0.4 is 5.43 Å². The number of hydrazone groups is 1. The average Bonchev–Trinajstić information content (AvgIpc) is 2.61. The Hall–Kier alpha value is -1.06. The molecule has 1 heterocycles. The van der Waals surface area contributed by atoms with Gasteiger partial charge in [-0.2, -0.15) is 5.10 Å². The summed E-state index contributed by atoms with van der Waals surface area (Å²) in [5, 5.41) is 5.34. The summed E-state index contributed by atoms with van der Waals surface area (Å²) < 4.78 is 0. The van der Waals surface area contributed by atoms with Crippen LogP contribution in [0.3, 0.4) is 0 Å². The van der Waals surface area contributed by atoms with Gasteiger partial charge >= 0.3 is 0 Å². The number of benzene rings is 1. The quantitative estimate of drug-likeness (QED) is 0.649. The zero-order chi connectivity index (χ0) is 12.8. The highest BCUT2D eigenvalue weighted by molar-refractivity contribution is 6.38. The standard InChI is InChI=1S/C13H15Cl2N3/c14-11-5-4-6-12(15)10(11)9-17-18-13-7-2-1-3-8-16-13/h4-6,9H,1-3,7-8H2,(H,16,18)/b17-9+. The van der Waals surface area contributed by atoms with Crippen molar-refractivity contribution in [1.82, 2.24) is 5.43 Å². The minimum atomic E-state index is 0.593. The summed E-state index contributed by atoms with van der Waals surface area (Å²) in [7, 11) is 0. The van der Waals surface area contributed by atoms with Crippen molar-refractivity contribution in [2.24, 2.45) is 10.1 Å².